The largest absolute Gasteiger partial charge is 0.367 e. The van der Waals surface area contributed by atoms with Crippen molar-refractivity contribution in [3.05, 3.63) is 30.1 Å². The Hall–Kier alpha value is -0.610. The minimum Gasteiger partial charge on any atom is -0.367 e. The van der Waals surface area contributed by atoms with Gasteiger partial charge >= 0.3 is 0 Å². The lowest BCUT2D eigenvalue weighted by atomic mass is 10.2. The molecule has 1 aliphatic rings. The Bertz CT molecular complexity index is 351. The highest BCUT2D eigenvalue weighted by Gasteiger charge is 2.18. The number of nitrogens with zero attached hydrogens (tertiary/aromatic N) is 2. The number of halogens is 2. The smallest absolute Gasteiger partial charge is 0.146 e. The zero-order chi connectivity index (χ0) is 12.1. The van der Waals surface area contributed by atoms with E-state index in [1.807, 2.05) is 12.1 Å². The molecule has 1 aromatic rings. The van der Waals surface area contributed by atoms with Crippen LogP contribution in [-0.4, -0.2) is 43.0 Å². The van der Waals surface area contributed by atoms with Gasteiger partial charge in [-0.05, 0) is 25.1 Å². The predicted octanol–water partition coefficient (Wildman–Crippen LogP) is 2.73. The lowest BCUT2D eigenvalue weighted by molar-refractivity contribution is 0.258. The van der Waals surface area contributed by atoms with Gasteiger partial charge in [0, 0.05) is 31.5 Å². The van der Waals surface area contributed by atoms with Gasteiger partial charge in [0.15, 0.2) is 0 Å². The van der Waals surface area contributed by atoms with E-state index >= 15 is 0 Å². The molecule has 0 saturated carbocycles. The summed E-state index contributed by atoms with van der Waals surface area (Å²) < 4.78 is 13.6. The third-order valence-electron chi connectivity index (χ3n) is 3.17. The van der Waals surface area contributed by atoms with E-state index in [1.165, 1.54) is 12.5 Å². The molecule has 2 nitrogen and oxygen atoms in total. The molecule has 94 valence electrons. The van der Waals surface area contributed by atoms with Crippen molar-refractivity contribution in [2.45, 2.75) is 6.42 Å². The Morgan fingerprint density at radius 1 is 1.12 bits per heavy atom. The van der Waals surface area contributed by atoms with Gasteiger partial charge in [-0.15, -0.1) is 0 Å². The maximum absolute atomic E-state index is 13.6. The van der Waals surface area contributed by atoms with Gasteiger partial charge < -0.3 is 4.90 Å². The molecule has 0 atom stereocenters. The van der Waals surface area contributed by atoms with Crippen LogP contribution in [0.4, 0.5) is 10.1 Å². The van der Waals surface area contributed by atoms with Crippen LogP contribution in [0.1, 0.15) is 6.42 Å². The first-order valence-electron chi connectivity index (χ1n) is 6.09. The maximum atomic E-state index is 13.6. The number of para-hydroxylation sites is 1. The Kier molecular flexibility index (Phi) is 4.80. The normalized spacial score (nSPS) is 17.4. The number of alkyl halides is 1. The highest BCUT2D eigenvalue weighted by molar-refractivity contribution is 9.09. The Morgan fingerprint density at radius 2 is 1.82 bits per heavy atom. The molecule has 0 radical (unpaired) electrons. The molecule has 4 heteroatoms. The van der Waals surface area contributed by atoms with E-state index in [2.05, 4.69) is 25.7 Å². The molecule has 1 heterocycles. The highest BCUT2D eigenvalue weighted by atomic mass is 79.9. The van der Waals surface area contributed by atoms with Crippen molar-refractivity contribution < 1.29 is 4.39 Å². The summed E-state index contributed by atoms with van der Waals surface area (Å²) in [5.74, 6) is -0.110. The summed E-state index contributed by atoms with van der Waals surface area (Å²) in [5.41, 5.74) is 0.743. The van der Waals surface area contributed by atoms with E-state index in [1.54, 1.807) is 6.07 Å². The summed E-state index contributed by atoms with van der Waals surface area (Å²) in [4.78, 5) is 4.58. The molecule has 0 unspecified atom stereocenters. The van der Waals surface area contributed by atoms with Gasteiger partial charge in [0.25, 0.3) is 0 Å². The summed E-state index contributed by atoms with van der Waals surface area (Å²) in [6.07, 6.45) is 1.18. The first-order chi connectivity index (χ1) is 8.31. The van der Waals surface area contributed by atoms with E-state index in [4.69, 9.17) is 0 Å². The molecule has 0 spiro atoms. The van der Waals surface area contributed by atoms with Crippen LogP contribution in [-0.2, 0) is 0 Å². The van der Waals surface area contributed by atoms with Crippen molar-refractivity contribution in [3.8, 4) is 0 Å². The molecule has 0 N–H and O–H groups in total. The lowest BCUT2D eigenvalue weighted by Crippen LogP contribution is -2.46. The number of rotatable bonds is 4. The molecule has 0 aliphatic carbocycles. The fourth-order valence-corrected chi connectivity index (χ4v) is 2.45. The average molecular weight is 301 g/mol. The van der Waals surface area contributed by atoms with Crippen molar-refractivity contribution in [2.24, 2.45) is 0 Å². The molecular formula is C13H18BrFN2. The maximum Gasteiger partial charge on any atom is 0.146 e. The first kappa shape index (κ1) is 12.8. The number of anilines is 1. The van der Waals surface area contributed by atoms with Gasteiger partial charge in [0.2, 0.25) is 0 Å². The molecule has 1 saturated heterocycles. The third kappa shape index (κ3) is 3.42. The number of piperazine rings is 1. The fraction of sp³-hybridized carbons (Fsp3) is 0.538. The van der Waals surface area contributed by atoms with Crippen LogP contribution in [0, 0.1) is 5.82 Å². The Morgan fingerprint density at radius 3 is 2.47 bits per heavy atom. The van der Waals surface area contributed by atoms with Crippen LogP contribution in [0.5, 0.6) is 0 Å². The summed E-state index contributed by atoms with van der Waals surface area (Å²) in [5, 5.41) is 1.06. The van der Waals surface area contributed by atoms with E-state index in [9.17, 15) is 4.39 Å². The minimum absolute atomic E-state index is 0.110. The summed E-state index contributed by atoms with van der Waals surface area (Å²) in [6, 6.07) is 7.04. The number of benzene rings is 1. The van der Waals surface area contributed by atoms with Crippen molar-refractivity contribution >= 4 is 21.6 Å². The van der Waals surface area contributed by atoms with Crippen LogP contribution in [0.15, 0.2) is 24.3 Å². The van der Waals surface area contributed by atoms with Crippen LogP contribution < -0.4 is 4.90 Å². The van der Waals surface area contributed by atoms with Crippen molar-refractivity contribution in [1.29, 1.82) is 0 Å². The fourth-order valence-electron chi connectivity index (χ4n) is 2.20. The molecule has 0 amide bonds. The molecule has 1 aliphatic heterocycles. The summed E-state index contributed by atoms with van der Waals surface area (Å²) in [7, 11) is 0. The van der Waals surface area contributed by atoms with Crippen molar-refractivity contribution in [1.82, 2.24) is 4.90 Å². The van der Waals surface area contributed by atoms with Crippen LogP contribution in [0.25, 0.3) is 0 Å². The molecular weight excluding hydrogens is 283 g/mol. The Labute approximate surface area is 111 Å². The second-order valence-corrected chi connectivity index (χ2v) is 5.12. The summed E-state index contributed by atoms with van der Waals surface area (Å²) >= 11 is 3.45. The van der Waals surface area contributed by atoms with Crippen LogP contribution >= 0.6 is 15.9 Å². The molecule has 0 aromatic heterocycles. The molecule has 0 bridgehead atoms. The van der Waals surface area contributed by atoms with Crippen molar-refractivity contribution in [2.75, 3.05) is 43.0 Å². The van der Waals surface area contributed by atoms with Gasteiger partial charge in [-0.2, -0.15) is 0 Å². The minimum atomic E-state index is -0.110. The second-order valence-electron chi connectivity index (χ2n) is 4.32. The van der Waals surface area contributed by atoms with Gasteiger partial charge in [-0.3, -0.25) is 4.90 Å². The van der Waals surface area contributed by atoms with E-state index in [0.717, 1.165) is 43.7 Å². The predicted molar refractivity (Wildman–Crippen MR) is 73.5 cm³/mol. The quantitative estimate of drug-likeness (QED) is 0.789. The molecule has 1 fully saturated rings. The summed E-state index contributed by atoms with van der Waals surface area (Å²) in [6.45, 7) is 5.03. The molecule has 2 rings (SSSR count). The monoisotopic (exact) mass is 300 g/mol. The standard InChI is InChI=1S/C13H18BrFN2/c14-6-3-7-16-8-10-17(11-9-16)13-5-2-1-4-12(13)15/h1-2,4-5H,3,6-11H2. The van der Waals surface area contributed by atoms with Gasteiger partial charge in [-0.1, -0.05) is 28.1 Å². The third-order valence-corrected chi connectivity index (χ3v) is 3.73. The van der Waals surface area contributed by atoms with Crippen LogP contribution in [0.3, 0.4) is 0 Å². The van der Waals surface area contributed by atoms with Gasteiger partial charge in [0.05, 0.1) is 5.69 Å². The average Bonchev–Trinajstić information content (AvgIpc) is 2.38. The number of hydrogen-bond donors (Lipinski definition) is 0. The topological polar surface area (TPSA) is 6.48 Å². The molecule has 1 aromatic carbocycles. The lowest BCUT2D eigenvalue weighted by Gasteiger charge is -2.36. The van der Waals surface area contributed by atoms with Crippen LogP contribution in [0.2, 0.25) is 0 Å². The van der Waals surface area contributed by atoms with E-state index in [0.29, 0.717) is 0 Å². The van der Waals surface area contributed by atoms with Gasteiger partial charge in [-0.25, -0.2) is 4.39 Å². The SMILES string of the molecule is Fc1ccccc1N1CCN(CCCBr)CC1. The van der Waals surface area contributed by atoms with E-state index < -0.39 is 0 Å². The van der Waals surface area contributed by atoms with E-state index in [-0.39, 0.29) is 5.82 Å². The molecule has 17 heavy (non-hydrogen) atoms. The second kappa shape index (κ2) is 6.36. The Balaban J connectivity index is 1.89. The first-order valence-corrected chi connectivity index (χ1v) is 7.21. The zero-order valence-corrected chi connectivity index (χ0v) is 11.5. The zero-order valence-electron chi connectivity index (χ0n) is 9.91. The number of hydrogen-bond acceptors (Lipinski definition) is 2. The van der Waals surface area contributed by atoms with Gasteiger partial charge in [0.1, 0.15) is 5.82 Å². The highest BCUT2D eigenvalue weighted by Crippen LogP contribution is 2.20. The van der Waals surface area contributed by atoms with Crippen molar-refractivity contribution in [3.63, 3.8) is 0 Å².